The normalized spacial score (nSPS) is 44.6. The monoisotopic (exact) mass is 214 g/mol. The molecule has 0 aromatic heterocycles. The van der Waals surface area contributed by atoms with Crippen molar-refractivity contribution >= 4 is 0 Å². The zero-order chi connectivity index (χ0) is 10.9. The highest BCUT2D eigenvalue weighted by atomic mass is 16.7. The molecule has 88 valence electrons. The molecule has 15 heavy (non-hydrogen) atoms. The van der Waals surface area contributed by atoms with Crippen LogP contribution in [0.5, 0.6) is 0 Å². The molecule has 0 radical (unpaired) electrons. The molecule has 2 aliphatic rings. The van der Waals surface area contributed by atoms with Crippen molar-refractivity contribution in [3.63, 3.8) is 0 Å². The van der Waals surface area contributed by atoms with E-state index in [4.69, 9.17) is 9.47 Å². The van der Waals surface area contributed by atoms with Crippen molar-refractivity contribution in [1.82, 2.24) is 0 Å². The van der Waals surface area contributed by atoms with E-state index in [0.717, 1.165) is 19.3 Å². The fourth-order valence-electron chi connectivity index (χ4n) is 2.61. The molecule has 0 aliphatic carbocycles. The van der Waals surface area contributed by atoms with Crippen molar-refractivity contribution in [2.75, 3.05) is 6.61 Å². The van der Waals surface area contributed by atoms with Crippen LogP contribution in [0.1, 0.15) is 52.4 Å². The van der Waals surface area contributed by atoms with Gasteiger partial charge in [-0.2, -0.15) is 0 Å². The maximum Gasteiger partial charge on any atom is 0.189 e. The molecule has 2 rings (SSSR count). The number of hydrogen-bond donors (Lipinski definition) is 1. The van der Waals surface area contributed by atoms with Crippen molar-refractivity contribution in [1.29, 1.82) is 0 Å². The van der Waals surface area contributed by atoms with Crippen LogP contribution in [0.4, 0.5) is 0 Å². The summed E-state index contributed by atoms with van der Waals surface area (Å²) in [6, 6.07) is 0. The van der Waals surface area contributed by atoms with E-state index in [1.54, 1.807) is 0 Å². The molecule has 2 fully saturated rings. The Balaban J connectivity index is 1.92. The molecule has 2 saturated heterocycles. The van der Waals surface area contributed by atoms with E-state index in [0.29, 0.717) is 6.61 Å². The highest BCUT2D eigenvalue weighted by molar-refractivity contribution is 4.96. The summed E-state index contributed by atoms with van der Waals surface area (Å²) in [6.45, 7) is 4.67. The summed E-state index contributed by atoms with van der Waals surface area (Å²) in [5.74, 6) is -0.977. The van der Waals surface area contributed by atoms with Gasteiger partial charge in [0.15, 0.2) is 5.79 Å². The summed E-state index contributed by atoms with van der Waals surface area (Å²) < 4.78 is 11.5. The number of unbranched alkanes of at least 4 members (excludes halogenated alkanes) is 2. The van der Waals surface area contributed by atoms with Gasteiger partial charge < -0.3 is 14.6 Å². The topological polar surface area (TPSA) is 38.7 Å². The van der Waals surface area contributed by atoms with Gasteiger partial charge in [-0.05, 0) is 19.8 Å². The lowest BCUT2D eigenvalue weighted by molar-refractivity contribution is -0.311. The largest absolute Gasteiger partial charge is 0.367 e. The van der Waals surface area contributed by atoms with E-state index < -0.39 is 5.79 Å². The number of hydrogen-bond acceptors (Lipinski definition) is 3. The Labute approximate surface area is 91.8 Å². The fraction of sp³-hybridized carbons (Fsp3) is 1.00. The predicted molar refractivity (Wildman–Crippen MR) is 57.6 cm³/mol. The average molecular weight is 214 g/mol. The summed E-state index contributed by atoms with van der Waals surface area (Å²) in [4.78, 5) is 0. The standard InChI is InChI=1S/C12H22O3/c1-3-4-5-7-11(2)10-6-8-12(13,15-10)9-14-11/h10,13H,3-9H2,1-2H3/t10?,11?,12-/m1/s1. The van der Waals surface area contributed by atoms with Gasteiger partial charge in [0.1, 0.15) is 6.61 Å². The van der Waals surface area contributed by atoms with Gasteiger partial charge in [0.25, 0.3) is 0 Å². The Morgan fingerprint density at radius 2 is 2.20 bits per heavy atom. The minimum atomic E-state index is -0.977. The van der Waals surface area contributed by atoms with Crippen LogP contribution in [0.3, 0.4) is 0 Å². The van der Waals surface area contributed by atoms with Gasteiger partial charge in [-0.3, -0.25) is 0 Å². The molecule has 3 nitrogen and oxygen atoms in total. The van der Waals surface area contributed by atoms with Crippen molar-refractivity contribution in [2.45, 2.75) is 69.9 Å². The fourth-order valence-corrected chi connectivity index (χ4v) is 2.61. The first-order chi connectivity index (χ1) is 7.08. The van der Waals surface area contributed by atoms with E-state index >= 15 is 0 Å². The zero-order valence-corrected chi connectivity index (χ0v) is 9.79. The Morgan fingerprint density at radius 3 is 2.93 bits per heavy atom. The van der Waals surface area contributed by atoms with Gasteiger partial charge in [0.2, 0.25) is 0 Å². The zero-order valence-electron chi connectivity index (χ0n) is 9.79. The second kappa shape index (κ2) is 4.04. The van der Waals surface area contributed by atoms with Gasteiger partial charge >= 0.3 is 0 Å². The molecule has 3 heteroatoms. The Bertz CT molecular complexity index is 231. The lowest BCUT2D eigenvalue weighted by atomic mass is 9.90. The molecular weight excluding hydrogens is 192 g/mol. The number of aliphatic hydroxyl groups is 1. The van der Waals surface area contributed by atoms with E-state index in [-0.39, 0.29) is 11.7 Å². The predicted octanol–water partition coefficient (Wildman–Crippen LogP) is 2.22. The van der Waals surface area contributed by atoms with E-state index in [1.165, 1.54) is 19.3 Å². The molecule has 0 aromatic rings. The number of ether oxygens (including phenoxy) is 2. The first kappa shape index (κ1) is 11.4. The van der Waals surface area contributed by atoms with Gasteiger partial charge in [0, 0.05) is 6.42 Å². The van der Waals surface area contributed by atoms with E-state index in [2.05, 4.69) is 13.8 Å². The van der Waals surface area contributed by atoms with E-state index in [9.17, 15) is 5.11 Å². The summed E-state index contributed by atoms with van der Waals surface area (Å²) >= 11 is 0. The van der Waals surface area contributed by atoms with Crippen LogP contribution in [0.2, 0.25) is 0 Å². The van der Waals surface area contributed by atoms with Crippen LogP contribution in [-0.4, -0.2) is 29.2 Å². The van der Waals surface area contributed by atoms with Crippen LogP contribution >= 0.6 is 0 Å². The Kier molecular flexibility index (Phi) is 3.06. The highest BCUT2D eigenvalue weighted by Gasteiger charge is 2.52. The van der Waals surface area contributed by atoms with Crippen LogP contribution < -0.4 is 0 Å². The first-order valence-corrected chi connectivity index (χ1v) is 6.12. The van der Waals surface area contributed by atoms with Crippen LogP contribution in [0.15, 0.2) is 0 Å². The molecule has 2 unspecified atom stereocenters. The van der Waals surface area contributed by atoms with Crippen molar-refractivity contribution in [2.24, 2.45) is 0 Å². The molecule has 2 bridgehead atoms. The number of rotatable bonds is 4. The minimum Gasteiger partial charge on any atom is -0.367 e. The molecule has 0 saturated carbocycles. The van der Waals surface area contributed by atoms with Gasteiger partial charge in [-0.15, -0.1) is 0 Å². The second-order valence-corrected chi connectivity index (χ2v) is 5.15. The SMILES string of the molecule is CCCCCC1(C)OC[C@@]2(O)CCC1O2. The third kappa shape index (κ3) is 2.19. The van der Waals surface area contributed by atoms with Crippen LogP contribution in [0.25, 0.3) is 0 Å². The van der Waals surface area contributed by atoms with Crippen LogP contribution in [0, 0.1) is 0 Å². The smallest absolute Gasteiger partial charge is 0.189 e. The first-order valence-electron chi connectivity index (χ1n) is 6.12. The molecule has 2 aliphatic heterocycles. The molecule has 0 spiro atoms. The molecule has 0 amide bonds. The maximum absolute atomic E-state index is 9.88. The Morgan fingerprint density at radius 1 is 1.40 bits per heavy atom. The quantitative estimate of drug-likeness (QED) is 0.729. The van der Waals surface area contributed by atoms with Gasteiger partial charge in [-0.1, -0.05) is 26.2 Å². The second-order valence-electron chi connectivity index (χ2n) is 5.15. The third-order valence-corrected chi connectivity index (χ3v) is 3.74. The lowest BCUT2D eigenvalue weighted by Crippen LogP contribution is -2.52. The summed E-state index contributed by atoms with van der Waals surface area (Å²) in [5, 5.41) is 9.88. The molecular formula is C12H22O3. The molecule has 1 N–H and O–H groups in total. The maximum atomic E-state index is 9.88. The molecule has 0 aromatic carbocycles. The summed E-state index contributed by atoms with van der Waals surface area (Å²) in [7, 11) is 0. The summed E-state index contributed by atoms with van der Waals surface area (Å²) in [5.41, 5.74) is -0.169. The van der Waals surface area contributed by atoms with Crippen molar-refractivity contribution in [3.05, 3.63) is 0 Å². The Hall–Kier alpha value is -0.120. The molecule has 3 atom stereocenters. The third-order valence-electron chi connectivity index (χ3n) is 3.74. The molecule has 2 heterocycles. The average Bonchev–Trinajstić information content (AvgIpc) is 2.55. The van der Waals surface area contributed by atoms with Gasteiger partial charge in [0.05, 0.1) is 11.7 Å². The lowest BCUT2D eigenvalue weighted by Gasteiger charge is -2.42. The number of fused-ring (bicyclic) bond motifs is 2. The minimum absolute atomic E-state index is 0.0908. The summed E-state index contributed by atoms with van der Waals surface area (Å²) in [6.07, 6.45) is 6.45. The van der Waals surface area contributed by atoms with Gasteiger partial charge in [-0.25, -0.2) is 0 Å². The van der Waals surface area contributed by atoms with E-state index in [1.807, 2.05) is 0 Å². The van der Waals surface area contributed by atoms with Crippen molar-refractivity contribution < 1.29 is 14.6 Å². The van der Waals surface area contributed by atoms with Crippen LogP contribution in [-0.2, 0) is 9.47 Å². The van der Waals surface area contributed by atoms with Crippen molar-refractivity contribution in [3.8, 4) is 0 Å². The highest BCUT2D eigenvalue weighted by Crippen LogP contribution is 2.43.